The molecule has 0 amide bonds. The van der Waals surface area contributed by atoms with E-state index < -0.39 is 0 Å². The van der Waals surface area contributed by atoms with Crippen LogP contribution in [0.5, 0.6) is 0 Å². The minimum atomic E-state index is 0.286. The van der Waals surface area contributed by atoms with Crippen molar-refractivity contribution >= 4 is 27.7 Å². The normalized spacial score (nSPS) is 18.2. The second-order valence-electron chi connectivity index (χ2n) is 5.15. The van der Waals surface area contributed by atoms with Gasteiger partial charge in [0.15, 0.2) is 0 Å². The summed E-state index contributed by atoms with van der Waals surface area (Å²) in [5.74, 6) is 0. The molecule has 1 aliphatic rings. The van der Waals surface area contributed by atoms with E-state index in [0.717, 1.165) is 18.1 Å². The van der Waals surface area contributed by atoms with E-state index in [1.165, 1.54) is 40.6 Å². The van der Waals surface area contributed by atoms with Gasteiger partial charge in [0.05, 0.1) is 0 Å². The highest BCUT2D eigenvalue weighted by atomic mass is 79.9. The fourth-order valence-corrected chi connectivity index (χ4v) is 4.36. The lowest BCUT2D eigenvalue weighted by Crippen LogP contribution is -2.21. The van der Waals surface area contributed by atoms with Gasteiger partial charge < -0.3 is 5.73 Å². The number of hydrogen-bond acceptors (Lipinski definition) is 2. The Morgan fingerprint density at radius 1 is 1.39 bits per heavy atom. The molecule has 1 aromatic carbocycles. The van der Waals surface area contributed by atoms with E-state index in [4.69, 9.17) is 5.73 Å². The van der Waals surface area contributed by atoms with Crippen molar-refractivity contribution in [3.05, 3.63) is 28.2 Å². The van der Waals surface area contributed by atoms with Crippen LogP contribution in [0.2, 0.25) is 0 Å². The minimum absolute atomic E-state index is 0.286. The van der Waals surface area contributed by atoms with Crippen molar-refractivity contribution in [2.24, 2.45) is 5.73 Å². The lowest BCUT2D eigenvalue weighted by atomic mass is 10.1. The molecular formula is C15H22BrNS. The van der Waals surface area contributed by atoms with E-state index in [0.29, 0.717) is 0 Å². The second kappa shape index (κ2) is 6.97. The highest BCUT2D eigenvalue weighted by Crippen LogP contribution is 2.37. The van der Waals surface area contributed by atoms with Gasteiger partial charge in [0, 0.05) is 20.7 Å². The van der Waals surface area contributed by atoms with Gasteiger partial charge in [-0.05, 0) is 43.4 Å². The average molecular weight is 328 g/mol. The van der Waals surface area contributed by atoms with Crippen LogP contribution in [0.15, 0.2) is 27.6 Å². The van der Waals surface area contributed by atoms with Gasteiger partial charge in [-0.3, -0.25) is 0 Å². The zero-order chi connectivity index (χ0) is 13.0. The molecule has 2 N–H and O–H groups in total. The fraction of sp³-hybridized carbons (Fsp3) is 0.600. The molecule has 0 radical (unpaired) electrons. The van der Waals surface area contributed by atoms with E-state index in [1.807, 2.05) is 0 Å². The largest absolute Gasteiger partial charge is 0.327 e. The lowest BCUT2D eigenvalue weighted by molar-refractivity contribution is 0.641. The van der Waals surface area contributed by atoms with Gasteiger partial charge in [0.1, 0.15) is 0 Å². The molecule has 0 saturated heterocycles. The molecule has 1 fully saturated rings. The molecule has 1 nitrogen and oxygen atoms in total. The van der Waals surface area contributed by atoms with Gasteiger partial charge >= 0.3 is 0 Å². The first kappa shape index (κ1) is 14.4. The van der Waals surface area contributed by atoms with Crippen LogP contribution >= 0.6 is 27.7 Å². The Labute approximate surface area is 123 Å². The molecule has 3 heteroatoms. The Kier molecular flexibility index (Phi) is 5.58. The SMILES string of the molecule is CCC(N)Cc1ccc(Br)cc1SC1CCCC1. The van der Waals surface area contributed by atoms with Gasteiger partial charge in [-0.15, -0.1) is 11.8 Å². The smallest absolute Gasteiger partial charge is 0.0186 e. The number of rotatable bonds is 5. The predicted octanol–water partition coefficient (Wildman–Crippen LogP) is 4.76. The molecule has 0 spiro atoms. The Bertz CT molecular complexity index is 388. The molecule has 1 aromatic rings. The van der Waals surface area contributed by atoms with Crippen molar-refractivity contribution < 1.29 is 0 Å². The molecule has 2 rings (SSSR count). The summed E-state index contributed by atoms with van der Waals surface area (Å²) < 4.78 is 1.18. The second-order valence-corrected chi connectivity index (χ2v) is 7.41. The number of benzene rings is 1. The quantitative estimate of drug-likeness (QED) is 0.843. The van der Waals surface area contributed by atoms with Crippen LogP contribution < -0.4 is 5.73 Å². The Morgan fingerprint density at radius 3 is 2.78 bits per heavy atom. The van der Waals surface area contributed by atoms with Gasteiger partial charge in [-0.2, -0.15) is 0 Å². The van der Waals surface area contributed by atoms with E-state index >= 15 is 0 Å². The maximum Gasteiger partial charge on any atom is 0.0186 e. The van der Waals surface area contributed by atoms with Crippen molar-refractivity contribution in [1.82, 2.24) is 0 Å². The fourth-order valence-electron chi connectivity index (χ4n) is 2.42. The van der Waals surface area contributed by atoms with E-state index in [2.05, 4.69) is 52.8 Å². The zero-order valence-electron chi connectivity index (χ0n) is 11.0. The molecule has 1 aliphatic carbocycles. The van der Waals surface area contributed by atoms with Crippen molar-refractivity contribution in [3.63, 3.8) is 0 Å². The van der Waals surface area contributed by atoms with Crippen molar-refractivity contribution in [2.75, 3.05) is 0 Å². The highest BCUT2D eigenvalue weighted by Gasteiger charge is 2.18. The predicted molar refractivity (Wildman–Crippen MR) is 84.2 cm³/mol. The number of hydrogen-bond donors (Lipinski definition) is 1. The minimum Gasteiger partial charge on any atom is -0.327 e. The number of thioether (sulfide) groups is 1. The molecule has 1 saturated carbocycles. The van der Waals surface area contributed by atoms with Crippen LogP contribution in [-0.4, -0.2) is 11.3 Å². The van der Waals surface area contributed by atoms with Gasteiger partial charge in [0.25, 0.3) is 0 Å². The molecule has 100 valence electrons. The van der Waals surface area contributed by atoms with Crippen LogP contribution in [0.4, 0.5) is 0 Å². The van der Waals surface area contributed by atoms with Gasteiger partial charge in [-0.25, -0.2) is 0 Å². The maximum absolute atomic E-state index is 6.10. The summed E-state index contributed by atoms with van der Waals surface area (Å²) in [5.41, 5.74) is 7.52. The summed E-state index contributed by atoms with van der Waals surface area (Å²) in [6.07, 6.45) is 7.58. The van der Waals surface area contributed by atoms with Crippen molar-refractivity contribution in [2.45, 2.75) is 61.6 Å². The first-order valence-corrected chi connectivity index (χ1v) is 8.57. The van der Waals surface area contributed by atoms with Crippen LogP contribution in [0.3, 0.4) is 0 Å². The van der Waals surface area contributed by atoms with Crippen molar-refractivity contribution in [1.29, 1.82) is 0 Å². The molecule has 0 aliphatic heterocycles. The van der Waals surface area contributed by atoms with Gasteiger partial charge in [-0.1, -0.05) is 41.8 Å². The maximum atomic E-state index is 6.10. The molecule has 18 heavy (non-hydrogen) atoms. The molecule has 0 bridgehead atoms. The van der Waals surface area contributed by atoms with Crippen LogP contribution in [-0.2, 0) is 6.42 Å². The molecule has 1 unspecified atom stereocenters. The zero-order valence-corrected chi connectivity index (χ0v) is 13.4. The first-order valence-electron chi connectivity index (χ1n) is 6.89. The third-order valence-corrected chi connectivity index (χ3v) is 5.56. The van der Waals surface area contributed by atoms with E-state index in [1.54, 1.807) is 0 Å². The first-order chi connectivity index (χ1) is 8.69. The summed E-state index contributed by atoms with van der Waals surface area (Å²) in [6, 6.07) is 6.92. The monoisotopic (exact) mass is 327 g/mol. The summed E-state index contributed by atoms with van der Waals surface area (Å²) in [5, 5.41) is 0.816. The Hall–Kier alpha value is 0.01000. The van der Waals surface area contributed by atoms with Crippen LogP contribution in [0.1, 0.15) is 44.6 Å². The Morgan fingerprint density at radius 2 is 2.11 bits per heavy atom. The van der Waals surface area contributed by atoms with E-state index in [9.17, 15) is 0 Å². The molecule has 0 aromatic heterocycles. The van der Waals surface area contributed by atoms with Crippen LogP contribution in [0, 0.1) is 0 Å². The third-order valence-electron chi connectivity index (χ3n) is 3.63. The lowest BCUT2D eigenvalue weighted by Gasteiger charge is -2.16. The van der Waals surface area contributed by atoms with E-state index in [-0.39, 0.29) is 6.04 Å². The summed E-state index contributed by atoms with van der Waals surface area (Å²) in [4.78, 5) is 1.43. The summed E-state index contributed by atoms with van der Waals surface area (Å²) in [6.45, 7) is 2.16. The number of nitrogens with two attached hydrogens (primary N) is 1. The summed E-state index contributed by atoms with van der Waals surface area (Å²) in [7, 11) is 0. The molecule has 0 heterocycles. The van der Waals surface area contributed by atoms with Gasteiger partial charge in [0.2, 0.25) is 0 Å². The van der Waals surface area contributed by atoms with Crippen molar-refractivity contribution in [3.8, 4) is 0 Å². The topological polar surface area (TPSA) is 26.0 Å². The number of halogens is 1. The van der Waals surface area contributed by atoms with Crippen LogP contribution in [0.25, 0.3) is 0 Å². The standard InChI is InChI=1S/C15H22BrNS/c1-2-13(17)9-11-7-8-12(16)10-15(11)18-14-5-3-4-6-14/h7-8,10,13-14H,2-6,9,17H2,1H3. The average Bonchev–Trinajstić information content (AvgIpc) is 2.85. The summed E-state index contributed by atoms with van der Waals surface area (Å²) >= 11 is 5.64. The molecular weight excluding hydrogens is 306 g/mol. The highest BCUT2D eigenvalue weighted by molar-refractivity contribution is 9.10. The molecule has 1 atom stereocenters. The Balaban J connectivity index is 2.11. The third kappa shape index (κ3) is 4.01.